The van der Waals surface area contributed by atoms with E-state index in [1.165, 1.54) is 44.1 Å². The Labute approximate surface area is 148 Å². The minimum Gasteiger partial charge on any atom is -0.204 e. The van der Waals surface area contributed by atoms with Crippen LogP contribution in [0.5, 0.6) is 0 Å². The SMILES string of the molecule is CCCC1CCC(c2ccc(Cc3cc(F)c(F)c(F)c3)cc2)CC1. The maximum atomic E-state index is 13.3. The lowest BCUT2D eigenvalue weighted by atomic mass is 9.77. The van der Waals surface area contributed by atoms with Crippen molar-refractivity contribution in [1.82, 2.24) is 0 Å². The zero-order valence-corrected chi connectivity index (χ0v) is 14.7. The van der Waals surface area contributed by atoms with Gasteiger partial charge in [0, 0.05) is 0 Å². The zero-order valence-electron chi connectivity index (χ0n) is 14.7. The van der Waals surface area contributed by atoms with Crippen molar-refractivity contribution in [3.8, 4) is 0 Å². The van der Waals surface area contributed by atoms with E-state index in [1.54, 1.807) is 0 Å². The van der Waals surface area contributed by atoms with Gasteiger partial charge in [0.05, 0.1) is 0 Å². The van der Waals surface area contributed by atoms with Crippen LogP contribution in [0.15, 0.2) is 36.4 Å². The van der Waals surface area contributed by atoms with Gasteiger partial charge in [0.2, 0.25) is 0 Å². The summed E-state index contributed by atoms with van der Waals surface area (Å²) >= 11 is 0. The fourth-order valence-corrected chi connectivity index (χ4v) is 4.05. The lowest BCUT2D eigenvalue weighted by Crippen LogP contribution is -2.13. The Bertz CT molecular complexity index is 675. The molecule has 0 aliphatic heterocycles. The van der Waals surface area contributed by atoms with E-state index in [0.717, 1.165) is 23.6 Å². The predicted octanol–water partition coefficient (Wildman–Crippen LogP) is 6.77. The first-order valence-electron chi connectivity index (χ1n) is 9.29. The summed E-state index contributed by atoms with van der Waals surface area (Å²) in [6.45, 7) is 2.25. The molecule has 1 saturated carbocycles. The van der Waals surface area contributed by atoms with Gasteiger partial charge in [-0.2, -0.15) is 0 Å². The van der Waals surface area contributed by atoms with Crippen LogP contribution in [-0.4, -0.2) is 0 Å². The molecule has 3 rings (SSSR count). The summed E-state index contributed by atoms with van der Waals surface area (Å²) in [6, 6.07) is 10.5. The summed E-state index contributed by atoms with van der Waals surface area (Å²) < 4.78 is 39.7. The smallest absolute Gasteiger partial charge is 0.194 e. The molecular weight excluding hydrogens is 321 g/mol. The van der Waals surface area contributed by atoms with Gasteiger partial charge in [-0.05, 0) is 72.8 Å². The van der Waals surface area contributed by atoms with Crippen molar-refractivity contribution in [2.45, 2.75) is 57.8 Å². The number of hydrogen-bond donors (Lipinski definition) is 0. The third-order valence-corrected chi connectivity index (χ3v) is 5.45. The van der Waals surface area contributed by atoms with Gasteiger partial charge in [-0.3, -0.25) is 0 Å². The van der Waals surface area contributed by atoms with E-state index >= 15 is 0 Å². The maximum Gasteiger partial charge on any atom is 0.194 e. The van der Waals surface area contributed by atoms with E-state index in [0.29, 0.717) is 17.9 Å². The first kappa shape index (κ1) is 18.0. The quantitative estimate of drug-likeness (QED) is 0.524. The number of hydrogen-bond acceptors (Lipinski definition) is 0. The summed E-state index contributed by atoms with van der Waals surface area (Å²) in [5.41, 5.74) is 2.79. The van der Waals surface area contributed by atoms with Gasteiger partial charge < -0.3 is 0 Å². The average molecular weight is 346 g/mol. The average Bonchev–Trinajstić information content (AvgIpc) is 2.61. The largest absolute Gasteiger partial charge is 0.204 e. The van der Waals surface area contributed by atoms with Crippen LogP contribution in [0.4, 0.5) is 13.2 Å². The Hall–Kier alpha value is -1.77. The monoisotopic (exact) mass is 346 g/mol. The van der Waals surface area contributed by atoms with Gasteiger partial charge in [0.15, 0.2) is 17.5 Å². The number of benzene rings is 2. The second-order valence-electron chi connectivity index (χ2n) is 7.30. The van der Waals surface area contributed by atoms with Gasteiger partial charge in [-0.25, -0.2) is 13.2 Å². The van der Waals surface area contributed by atoms with Gasteiger partial charge in [0.25, 0.3) is 0 Å². The summed E-state index contributed by atoms with van der Waals surface area (Å²) in [7, 11) is 0. The molecule has 0 bridgehead atoms. The van der Waals surface area contributed by atoms with Crippen LogP contribution < -0.4 is 0 Å². The van der Waals surface area contributed by atoms with Crippen LogP contribution in [-0.2, 0) is 6.42 Å². The van der Waals surface area contributed by atoms with Crippen molar-refractivity contribution in [3.63, 3.8) is 0 Å². The van der Waals surface area contributed by atoms with Crippen molar-refractivity contribution in [2.75, 3.05) is 0 Å². The fraction of sp³-hybridized carbons (Fsp3) is 0.455. The van der Waals surface area contributed by atoms with E-state index in [-0.39, 0.29) is 0 Å². The second kappa shape index (κ2) is 8.07. The van der Waals surface area contributed by atoms with Gasteiger partial charge in [-0.15, -0.1) is 0 Å². The molecule has 0 amide bonds. The molecule has 1 aliphatic rings. The Kier molecular flexibility index (Phi) is 5.82. The molecule has 0 aromatic heterocycles. The van der Waals surface area contributed by atoms with Crippen LogP contribution in [0.25, 0.3) is 0 Å². The second-order valence-corrected chi connectivity index (χ2v) is 7.30. The van der Waals surface area contributed by atoms with Crippen LogP contribution >= 0.6 is 0 Å². The Balaban J connectivity index is 1.63. The van der Waals surface area contributed by atoms with Crippen LogP contribution in [0, 0.1) is 23.4 Å². The molecule has 0 N–H and O–H groups in total. The molecule has 25 heavy (non-hydrogen) atoms. The maximum absolute atomic E-state index is 13.3. The molecule has 0 atom stereocenters. The fourth-order valence-electron chi connectivity index (χ4n) is 4.05. The van der Waals surface area contributed by atoms with E-state index in [1.807, 2.05) is 12.1 Å². The van der Waals surface area contributed by atoms with Crippen LogP contribution in [0.3, 0.4) is 0 Å². The molecule has 0 heterocycles. The Morgan fingerprint density at radius 2 is 1.44 bits per heavy atom. The summed E-state index contributed by atoms with van der Waals surface area (Å²) in [4.78, 5) is 0. The predicted molar refractivity (Wildman–Crippen MR) is 95.2 cm³/mol. The lowest BCUT2D eigenvalue weighted by molar-refractivity contribution is 0.308. The highest BCUT2D eigenvalue weighted by atomic mass is 19.2. The zero-order chi connectivity index (χ0) is 17.8. The number of halogens is 3. The third kappa shape index (κ3) is 4.45. The van der Waals surface area contributed by atoms with Crippen molar-refractivity contribution in [2.24, 2.45) is 5.92 Å². The molecule has 2 aromatic carbocycles. The summed E-state index contributed by atoms with van der Waals surface area (Å²) in [5.74, 6) is -2.14. The molecular formula is C22H25F3. The molecule has 0 nitrogen and oxygen atoms in total. The van der Waals surface area contributed by atoms with E-state index in [9.17, 15) is 13.2 Å². The topological polar surface area (TPSA) is 0 Å². The van der Waals surface area contributed by atoms with Gasteiger partial charge >= 0.3 is 0 Å². The normalized spacial score (nSPS) is 20.6. The molecule has 134 valence electrons. The Morgan fingerprint density at radius 3 is 2.00 bits per heavy atom. The third-order valence-electron chi connectivity index (χ3n) is 5.45. The summed E-state index contributed by atoms with van der Waals surface area (Å²) in [6.07, 6.45) is 8.14. The molecule has 3 heteroatoms. The van der Waals surface area contributed by atoms with Crippen molar-refractivity contribution < 1.29 is 13.2 Å². The molecule has 0 saturated heterocycles. The van der Waals surface area contributed by atoms with Crippen LogP contribution in [0.2, 0.25) is 0 Å². The molecule has 0 radical (unpaired) electrons. The molecule has 0 unspecified atom stereocenters. The molecule has 1 aliphatic carbocycles. The highest BCUT2D eigenvalue weighted by Crippen LogP contribution is 2.37. The minimum absolute atomic E-state index is 0.400. The van der Waals surface area contributed by atoms with Crippen molar-refractivity contribution in [3.05, 3.63) is 70.5 Å². The first-order chi connectivity index (χ1) is 12.1. The van der Waals surface area contributed by atoms with Gasteiger partial charge in [-0.1, -0.05) is 44.0 Å². The first-order valence-corrected chi connectivity index (χ1v) is 9.29. The Morgan fingerprint density at radius 1 is 0.840 bits per heavy atom. The highest BCUT2D eigenvalue weighted by molar-refractivity contribution is 5.31. The van der Waals surface area contributed by atoms with Crippen LogP contribution in [0.1, 0.15) is 68.1 Å². The number of rotatable bonds is 5. The molecule has 1 fully saturated rings. The highest BCUT2D eigenvalue weighted by Gasteiger charge is 2.21. The van der Waals surface area contributed by atoms with E-state index in [4.69, 9.17) is 0 Å². The molecule has 2 aromatic rings. The van der Waals surface area contributed by atoms with Crippen molar-refractivity contribution in [1.29, 1.82) is 0 Å². The van der Waals surface area contributed by atoms with E-state index < -0.39 is 17.5 Å². The molecule has 0 spiro atoms. The summed E-state index contributed by atoms with van der Waals surface area (Å²) in [5, 5.41) is 0. The standard InChI is InChI=1S/C22H25F3/c1-2-3-15-4-8-18(9-5-15)19-10-6-16(7-11-19)12-17-13-20(23)22(25)21(24)14-17/h6-7,10-11,13-15,18H,2-5,8-9,12H2,1H3. The lowest BCUT2D eigenvalue weighted by Gasteiger charge is -2.28. The minimum atomic E-state index is -1.40. The van der Waals surface area contributed by atoms with Gasteiger partial charge in [0.1, 0.15) is 0 Å². The van der Waals surface area contributed by atoms with Crippen molar-refractivity contribution >= 4 is 0 Å². The van der Waals surface area contributed by atoms with E-state index in [2.05, 4.69) is 19.1 Å².